The number of ether oxygens (including phenoxy) is 1. The Morgan fingerprint density at radius 2 is 1.91 bits per heavy atom. The van der Waals surface area contributed by atoms with Gasteiger partial charge in [0.05, 0.1) is 17.6 Å². The van der Waals surface area contributed by atoms with Crippen molar-refractivity contribution in [2.45, 2.75) is 11.8 Å². The number of nitrogens with zero attached hydrogens (tertiary/aromatic N) is 3. The SMILES string of the molecule is COc1nc(C)nc(-c2cccc(S(N)(=O)=O)c2C(N)=O)n1. The number of sulfonamides is 1. The van der Waals surface area contributed by atoms with Gasteiger partial charge in [0.25, 0.3) is 5.91 Å². The van der Waals surface area contributed by atoms with Crippen LogP contribution in [-0.2, 0) is 10.0 Å². The fraction of sp³-hybridized carbons (Fsp3) is 0.167. The second kappa shape index (κ2) is 5.66. The molecule has 2 aromatic rings. The predicted octanol–water partition coefficient (Wildman–Crippen LogP) is -0.398. The minimum Gasteiger partial charge on any atom is -0.467 e. The molecule has 0 saturated heterocycles. The van der Waals surface area contributed by atoms with Crippen molar-refractivity contribution in [3.63, 3.8) is 0 Å². The first kappa shape index (κ1) is 15.8. The summed E-state index contributed by atoms with van der Waals surface area (Å²) in [5.74, 6) is -0.571. The Hall–Kier alpha value is -2.59. The summed E-state index contributed by atoms with van der Waals surface area (Å²) in [5, 5.41) is 5.11. The van der Waals surface area contributed by atoms with Gasteiger partial charge in [-0.3, -0.25) is 4.79 Å². The highest BCUT2D eigenvalue weighted by molar-refractivity contribution is 7.89. The van der Waals surface area contributed by atoms with Crippen LogP contribution in [0.5, 0.6) is 6.01 Å². The highest BCUT2D eigenvalue weighted by Crippen LogP contribution is 2.26. The van der Waals surface area contributed by atoms with Crippen molar-refractivity contribution in [3.05, 3.63) is 29.6 Å². The van der Waals surface area contributed by atoms with Crippen LogP contribution in [0.1, 0.15) is 16.2 Å². The smallest absolute Gasteiger partial charge is 0.319 e. The van der Waals surface area contributed by atoms with E-state index in [4.69, 9.17) is 15.6 Å². The van der Waals surface area contributed by atoms with E-state index in [0.717, 1.165) is 0 Å². The molecule has 9 nitrogen and oxygen atoms in total. The standard InChI is InChI=1S/C12H13N5O4S/c1-6-15-11(17-12(16-6)21-2)7-4-3-5-8(22(14,19)20)9(7)10(13)18/h3-5H,1-2H3,(H2,13,18)(H2,14,19,20). The third kappa shape index (κ3) is 3.02. The van der Waals surface area contributed by atoms with Gasteiger partial charge in [0.2, 0.25) is 10.0 Å². The van der Waals surface area contributed by atoms with E-state index in [1.54, 1.807) is 6.92 Å². The van der Waals surface area contributed by atoms with Crippen molar-refractivity contribution >= 4 is 15.9 Å². The number of carbonyl (C=O) groups is 1. The molecule has 0 atom stereocenters. The van der Waals surface area contributed by atoms with Crippen molar-refractivity contribution in [2.24, 2.45) is 10.9 Å². The highest BCUT2D eigenvalue weighted by atomic mass is 32.2. The number of hydrogen-bond donors (Lipinski definition) is 2. The van der Waals surface area contributed by atoms with Crippen LogP contribution in [0.4, 0.5) is 0 Å². The molecule has 0 saturated carbocycles. The number of aromatic nitrogens is 3. The molecule has 2 rings (SSSR count). The zero-order valence-corrected chi connectivity index (χ0v) is 12.6. The van der Waals surface area contributed by atoms with E-state index < -0.39 is 20.8 Å². The van der Waals surface area contributed by atoms with Gasteiger partial charge in [-0.1, -0.05) is 12.1 Å². The number of benzene rings is 1. The Morgan fingerprint density at radius 1 is 1.23 bits per heavy atom. The minimum absolute atomic E-state index is 0.0268. The fourth-order valence-electron chi connectivity index (χ4n) is 1.88. The summed E-state index contributed by atoms with van der Waals surface area (Å²) in [7, 11) is -2.77. The molecule has 0 spiro atoms. The number of primary sulfonamides is 1. The first-order chi connectivity index (χ1) is 10.2. The fourth-order valence-corrected chi connectivity index (χ4v) is 2.64. The molecule has 116 valence electrons. The molecule has 22 heavy (non-hydrogen) atoms. The number of amides is 1. The van der Waals surface area contributed by atoms with Crippen molar-refractivity contribution in [1.29, 1.82) is 0 Å². The molecule has 0 aliphatic heterocycles. The lowest BCUT2D eigenvalue weighted by molar-refractivity contribution is 0.0997. The number of carbonyl (C=O) groups excluding carboxylic acids is 1. The lowest BCUT2D eigenvalue weighted by Crippen LogP contribution is -2.22. The maximum atomic E-state index is 11.7. The van der Waals surface area contributed by atoms with E-state index in [0.29, 0.717) is 5.82 Å². The van der Waals surface area contributed by atoms with Gasteiger partial charge in [0.15, 0.2) is 5.82 Å². The molecule has 10 heteroatoms. The highest BCUT2D eigenvalue weighted by Gasteiger charge is 2.23. The summed E-state index contributed by atoms with van der Waals surface area (Å²) in [6.45, 7) is 1.60. The summed E-state index contributed by atoms with van der Waals surface area (Å²) in [6, 6.07) is 4.08. The zero-order valence-electron chi connectivity index (χ0n) is 11.8. The third-order valence-corrected chi connectivity index (χ3v) is 3.68. The number of hydrogen-bond acceptors (Lipinski definition) is 7. The predicted molar refractivity (Wildman–Crippen MR) is 76.4 cm³/mol. The third-order valence-electron chi connectivity index (χ3n) is 2.73. The molecule has 4 N–H and O–H groups in total. The van der Waals surface area contributed by atoms with Gasteiger partial charge in [-0.15, -0.1) is 0 Å². The summed E-state index contributed by atoms with van der Waals surface area (Å²) < 4.78 is 28.2. The molecule has 1 amide bonds. The number of primary amides is 1. The van der Waals surface area contributed by atoms with E-state index in [2.05, 4.69) is 15.0 Å². The molecule has 0 aliphatic rings. The van der Waals surface area contributed by atoms with E-state index in [1.165, 1.54) is 25.3 Å². The zero-order chi connectivity index (χ0) is 16.5. The number of nitrogens with two attached hydrogens (primary N) is 2. The molecule has 1 heterocycles. The van der Waals surface area contributed by atoms with Gasteiger partial charge in [0.1, 0.15) is 5.82 Å². The number of aryl methyl sites for hydroxylation is 1. The van der Waals surface area contributed by atoms with Gasteiger partial charge in [0, 0.05) is 5.56 Å². The summed E-state index contributed by atoms with van der Waals surface area (Å²) >= 11 is 0. The van der Waals surface area contributed by atoms with Gasteiger partial charge in [-0.2, -0.15) is 9.97 Å². The van der Waals surface area contributed by atoms with Crippen molar-refractivity contribution < 1.29 is 17.9 Å². The second-order valence-corrected chi connectivity index (χ2v) is 5.81. The topological polar surface area (TPSA) is 151 Å². The molecular weight excluding hydrogens is 310 g/mol. The minimum atomic E-state index is -4.14. The Balaban J connectivity index is 2.82. The molecule has 0 fully saturated rings. The van der Waals surface area contributed by atoms with Crippen LogP contribution in [0.25, 0.3) is 11.4 Å². The molecule has 1 aromatic heterocycles. The normalized spacial score (nSPS) is 11.2. The van der Waals surface area contributed by atoms with Crippen LogP contribution in [0.3, 0.4) is 0 Å². The Bertz CT molecular complexity index is 851. The largest absolute Gasteiger partial charge is 0.467 e. The quantitative estimate of drug-likeness (QED) is 0.776. The van der Waals surface area contributed by atoms with Gasteiger partial charge in [-0.05, 0) is 13.0 Å². The van der Waals surface area contributed by atoms with Crippen molar-refractivity contribution in [1.82, 2.24) is 15.0 Å². The van der Waals surface area contributed by atoms with Gasteiger partial charge < -0.3 is 10.5 Å². The monoisotopic (exact) mass is 323 g/mol. The molecule has 0 aliphatic carbocycles. The molecule has 0 radical (unpaired) electrons. The molecule has 0 bridgehead atoms. The van der Waals surface area contributed by atoms with Crippen LogP contribution >= 0.6 is 0 Å². The van der Waals surface area contributed by atoms with E-state index in [1.807, 2.05) is 0 Å². The van der Waals surface area contributed by atoms with E-state index >= 15 is 0 Å². The summed E-state index contributed by atoms with van der Waals surface area (Å²) in [5.41, 5.74) is 5.14. The van der Waals surface area contributed by atoms with E-state index in [9.17, 15) is 13.2 Å². The number of rotatable bonds is 4. The average Bonchev–Trinajstić information content (AvgIpc) is 2.44. The second-order valence-electron chi connectivity index (χ2n) is 4.28. The number of methoxy groups -OCH3 is 1. The van der Waals surface area contributed by atoms with Gasteiger partial charge in [-0.25, -0.2) is 18.5 Å². The summed E-state index contributed by atoms with van der Waals surface area (Å²) in [6.07, 6.45) is 0. The van der Waals surface area contributed by atoms with Crippen molar-refractivity contribution in [3.8, 4) is 17.4 Å². The van der Waals surface area contributed by atoms with Crippen molar-refractivity contribution in [2.75, 3.05) is 7.11 Å². The van der Waals surface area contributed by atoms with Crippen LogP contribution in [0.2, 0.25) is 0 Å². The van der Waals surface area contributed by atoms with E-state index in [-0.39, 0.29) is 23.0 Å². The Kier molecular flexibility index (Phi) is 4.06. The molecule has 0 unspecified atom stereocenters. The Morgan fingerprint density at radius 3 is 2.45 bits per heavy atom. The maximum Gasteiger partial charge on any atom is 0.319 e. The lowest BCUT2D eigenvalue weighted by Gasteiger charge is -2.10. The lowest BCUT2D eigenvalue weighted by atomic mass is 10.1. The van der Waals surface area contributed by atoms with Crippen LogP contribution in [0.15, 0.2) is 23.1 Å². The van der Waals surface area contributed by atoms with Crippen LogP contribution in [-0.4, -0.2) is 36.4 Å². The van der Waals surface area contributed by atoms with Crippen LogP contribution in [0, 0.1) is 6.92 Å². The molecular formula is C12H13N5O4S. The maximum absolute atomic E-state index is 11.7. The van der Waals surface area contributed by atoms with Crippen LogP contribution < -0.4 is 15.6 Å². The first-order valence-electron chi connectivity index (χ1n) is 5.96. The first-order valence-corrected chi connectivity index (χ1v) is 7.51. The molecule has 1 aromatic carbocycles. The summed E-state index contributed by atoms with van der Waals surface area (Å²) in [4.78, 5) is 23.3. The average molecular weight is 323 g/mol. The Labute approximate surface area is 126 Å². The van der Waals surface area contributed by atoms with Gasteiger partial charge >= 0.3 is 6.01 Å².